The van der Waals surface area contributed by atoms with Crippen molar-refractivity contribution < 1.29 is 5.11 Å². The Kier molecular flexibility index (Phi) is 8.93. The predicted octanol–water partition coefficient (Wildman–Crippen LogP) is 8.25. The van der Waals surface area contributed by atoms with Gasteiger partial charge in [-0.2, -0.15) is 0 Å². The van der Waals surface area contributed by atoms with Gasteiger partial charge in [-0.05, 0) is 91.8 Å². The minimum atomic E-state index is -0.0237. The van der Waals surface area contributed by atoms with Gasteiger partial charge in [-0.1, -0.05) is 74.1 Å². The first-order chi connectivity index (χ1) is 13.5. The summed E-state index contributed by atoms with van der Waals surface area (Å²) in [6.07, 6.45) is 16.6. The van der Waals surface area contributed by atoms with Crippen LogP contribution in [-0.4, -0.2) is 11.2 Å². The van der Waals surface area contributed by atoms with E-state index < -0.39 is 0 Å². The van der Waals surface area contributed by atoms with Crippen molar-refractivity contribution in [3.63, 3.8) is 0 Å². The van der Waals surface area contributed by atoms with Crippen LogP contribution in [0.1, 0.15) is 126 Å². The fourth-order valence-corrected chi connectivity index (χ4v) is 8.45. The molecule has 1 heteroatoms. The van der Waals surface area contributed by atoms with Crippen molar-refractivity contribution >= 4 is 0 Å². The lowest BCUT2D eigenvalue weighted by Gasteiger charge is -2.62. The van der Waals surface area contributed by atoms with Gasteiger partial charge in [-0.3, -0.25) is 0 Å². The zero-order valence-electron chi connectivity index (χ0n) is 20.4. The Balaban J connectivity index is 0.000000660. The number of aliphatic hydroxyl groups is 1. The van der Waals surface area contributed by atoms with E-state index in [2.05, 4.69) is 20.8 Å². The fraction of sp³-hybridized carbons (Fsp3) is 1.00. The van der Waals surface area contributed by atoms with Crippen LogP contribution in [0.2, 0.25) is 0 Å². The molecule has 1 N–H and O–H groups in total. The van der Waals surface area contributed by atoms with E-state index in [1.807, 2.05) is 27.7 Å². The Hall–Kier alpha value is -0.0400. The van der Waals surface area contributed by atoms with E-state index in [-0.39, 0.29) is 6.10 Å². The van der Waals surface area contributed by atoms with E-state index in [0.717, 1.165) is 30.1 Å². The van der Waals surface area contributed by atoms with Gasteiger partial charge in [0.05, 0.1) is 6.10 Å². The zero-order chi connectivity index (χ0) is 20.9. The molecule has 0 saturated heterocycles. The molecule has 4 saturated carbocycles. The second-order valence-corrected chi connectivity index (χ2v) is 10.5. The quantitative estimate of drug-likeness (QED) is 0.512. The van der Waals surface area contributed by atoms with Crippen LogP contribution in [0.4, 0.5) is 0 Å². The van der Waals surface area contributed by atoms with Gasteiger partial charge in [-0.15, -0.1) is 0 Å². The van der Waals surface area contributed by atoms with Crippen molar-refractivity contribution in [3.05, 3.63) is 0 Å². The van der Waals surface area contributed by atoms with Crippen molar-refractivity contribution in [2.24, 2.45) is 40.4 Å². The van der Waals surface area contributed by atoms with Gasteiger partial charge in [0.15, 0.2) is 0 Å². The lowest BCUT2D eigenvalue weighted by atomic mass is 9.44. The molecule has 4 rings (SSSR count). The van der Waals surface area contributed by atoms with E-state index in [0.29, 0.717) is 16.7 Å². The van der Waals surface area contributed by atoms with E-state index in [1.165, 1.54) is 70.6 Å². The molecule has 166 valence electrons. The monoisotopic (exact) mass is 392 g/mol. The van der Waals surface area contributed by atoms with Crippen LogP contribution in [0.3, 0.4) is 0 Å². The maximum atomic E-state index is 11.4. The molecule has 4 aliphatic carbocycles. The summed E-state index contributed by atoms with van der Waals surface area (Å²) < 4.78 is 0. The highest BCUT2D eigenvalue weighted by Crippen LogP contribution is 2.67. The first-order valence-corrected chi connectivity index (χ1v) is 13.2. The molecule has 0 heterocycles. The second kappa shape index (κ2) is 10.3. The number of fused-ring (bicyclic) bond motifs is 5. The minimum Gasteiger partial charge on any atom is -0.393 e. The number of hydrogen-bond acceptors (Lipinski definition) is 1. The number of aliphatic hydroxyl groups excluding tert-OH is 1. The Bertz CT molecular complexity index is 459. The van der Waals surface area contributed by atoms with Crippen molar-refractivity contribution in [3.8, 4) is 0 Å². The summed E-state index contributed by atoms with van der Waals surface area (Å²) in [6, 6.07) is 0. The molecule has 8 unspecified atom stereocenters. The summed E-state index contributed by atoms with van der Waals surface area (Å²) in [4.78, 5) is 0. The Morgan fingerprint density at radius 1 is 0.857 bits per heavy atom. The summed E-state index contributed by atoms with van der Waals surface area (Å²) in [5.41, 5.74) is 0.886. The van der Waals surface area contributed by atoms with E-state index in [9.17, 15) is 5.11 Å². The molecule has 4 fully saturated rings. The summed E-state index contributed by atoms with van der Waals surface area (Å²) in [5, 5.41) is 11.4. The number of rotatable bonds is 3. The standard InChI is InChI=1S/C23H40O.2C2H6/c1-4-5-8-17-11-13-19-18-12-10-16-9-6-7-14-22(16,2)21(18)20(24)15-23(17,19)3;2*1-2/h16-21,24H,4-15H2,1-3H3;2*1-2H3. The summed E-state index contributed by atoms with van der Waals surface area (Å²) in [6.45, 7) is 15.5. The zero-order valence-corrected chi connectivity index (χ0v) is 20.4. The maximum Gasteiger partial charge on any atom is 0.0581 e. The Morgan fingerprint density at radius 2 is 1.57 bits per heavy atom. The third-order valence-corrected chi connectivity index (χ3v) is 9.61. The van der Waals surface area contributed by atoms with Crippen LogP contribution < -0.4 is 0 Å². The fourth-order valence-electron chi connectivity index (χ4n) is 8.45. The molecule has 0 aromatic rings. The molecule has 28 heavy (non-hydrogen) atoms. The molecule has 0 bridgehead atoms. The van der Waals surface area contributed by atoms with E-state index in [1.54, 1.807) is 0 Å². The SMILES string of the molecule is CC.CC.CCCCC1CCC2C3CCC4CCCCC4(C)C3C(O)CC12C. The molecule has 0 spiro atoms. The third-order valence-electron chi connectivity index (χ3n) is 9.61. The van der Waals surface area contributed by atoms with Gasteiger partial charge in [0.1, 0.15) is 0 Å². The van der Waals surface area contributed by atoms with Crippen LogP contribution >= 0.6 is 0 Å². The average Bonchev–Trinajstić information content (AvgIpc) is 3.04. The van der Waals surface area contributed by atoms with Crippen LogP contribution in [-0.2, 0) is 0 Å². The normalized spacial score (nSPS) is 46.7. The molecule has 0 amide bonds. The van der Waals surface area contributed by atoms with Gasteiger partial charge < -0.3 is 5.11 Å². The first kappa shape index (κ1) is 24.2. The van der Waals surface area contributed by atoms with Crippen molar-refractivity contribution in [1.29, 1.82) is 0 Å². The van der Waals surface area contributed by atoms with Crippen molar-refractivity contribution in [1.82, 2.24) is 0 Å². The van der Waals surface area contributed by atoms with Crippen molar-refractivity contribution in [2.45, 2.75) is 132 Å². The molecule has 4 aliphatic rings. The highest BCUT2D eigenvalue weighted by atomic mass is 16.3. The predicted molar refractivity (Wildman–Crippen MR) is 123 cm³/mol. The highest BCUT2D eigenvalue weighted by Gasteiger charge is 2.62. The van der Waals surface area contributed by atoms with Crippen LogP contribution in [0.25, 0.3) is 0 Å². The van der Waals surface area contributed by atoms with Gasteiger partial charge in [0, 0.05) is 0 Å². The average molecular weight is 393 g/mol. The third kappa shape index (κ3) is 4.08. The molecule has 0 aromatic carbocycles. The van der Waals surface area contributed by atoms with E-state index >= 15 is 0 Å². The topological polar surface area (TPSA) is 20.2 Å². The summed E-state index contributed by atoms with van der Waals surface area (Å²) in [7, 11) is 0. The van der Waals surface area contributed by atoms with Crippen LogP contribution in [0.5, 0.6) is 0 Å². The lowest BCUT2D eigenvalue weighted by molar-refractivity contribution is -0.169. The lowest BCUT2D eigenvalue weighted by Crippen LogP contribution is -2.58. The molecule has 0 aromatic heterocycles. The van der Waals surface area contributed by atoms with Crippen LogP contribution in [0.15, 0.2) is 0 Å². The van der Waals surface area contributed by atoms with E-state index in [4.69, 9.17) is 0 Å². The highest BCUT2D eigenvalue weighted by molar-refractivity contribution is 5.11. The Labute approximate surface area is 177 Å². The molecule has 0 aliphatic heterocycles. The first-order valence-electron chi connectivity index (χ1n) is 13.2. The van der Waals surface area contributed by atoms with Gasteiger partial charge in [0.25, 0.3) is 0 Å². The smallest absolute Gasteiger partial charge is 0.0581 e. The number of hydrogen-bond donors (Lipinski definition) is 1. The van der Waals surface area contributed by atoms with Crippen LogP contribution in [0, 0.1) is 40.4 Å². The molecular weight excluding hydrogens is 340 g/mol. The van der Waals surface area contributed by atoms with Crippen molar-refractivity contribution in [2.75, 3.05) is 0 Å². The molecule has 0 radical (unpaired) electrons. The van der Waals surface area contributed by atoms with Gasteiger partial charge in [-0.25, -0.2) is 0 Å². The molecule has 1 nitrogen and oxygen atoms in total. The Morgan fingerprint density at radius 3 is 2.25 bits per heavy atom. The number of unbranched alkanes of at least 4 members (excludes halogenated alkanes) is 1. The summed E-state index contributed by atoms with van der Waals surface area (Å²) >= 11 is 0. The van der Waals surface area contributed by atoms with Gasteiger partial charge in [0.2, 0.25) is 0 Å². The van der Waals surface area contributed by atoms with Gasteiger partial charge >= 0.3 is 0 Å². The second-order valence-electron chi connectivity index (χ2n) is 10.5. The molecule has 8 atom stereocenters. The minimum absolute atomic E-state index is 0.0237. The summed E-state index contributed by atoms with van der Waals surface area (Å²) in [5.74, 6) is 4.13. The maximum absolute atomic E-state index is 11.4. The largest absolute Gasteiger partial charge is 0.393 e. The molecular formula is C27H52O.